The molecule has 10 nitrogen and oxygen atoms in total. The zero-order valence-corrected chi connectivity index (χ0v) is 25.0. The molecule has 4 unspecified atom stereocenters. The van der Waals surface area contributed by atoms with Crippen molar-refractivity contribution < 1.29 is 43.2 Å². The number of hydrogen-bond acceptors (Lipinski definition) is 9. The van der Waals surface area contributed by atoms with Crippen LogP contribution in [0.1, 0.15) is 92.6 Å². The fourth-order valence-corrected chi connectivity index (χ4v) is 3.69. The highest BCUT2D eigenvalue weighted by atomic mass is 16.7. The summed E-state index contributed by atoms with van der Waals surface area (Å²) in [6, 6.07) is 4.48. The molecule has 1 rings (SSSR count). The van der Waals surface area contributed by atoms with Crippen molar-refractivity contribution in [2.75, 3.05) is 6.61 Å². The van der Waals surface area contributed by atoms with Crippen LogP contribution in [0.5, 0.6) is 11.5 Å². The second-order valence-corrected chi connectivity index (χ2v) is 11.0. The van der Waals surface area contributed by atoms with E-state index in [1.54, 1.807) is 6.07 Å². The number of aliphatic carboxylic acids is 1. The van der Waals surface area contributed by atoms with Crippen LogP contribution >= 0.6 is 0 Å². The van der Waals surface area contributed by atoms with Gasteiger partial charge in [-0.3, -0.25) is 14.4 Å². The van der Waals surface area contributed by atoms with E-state index in [1.165, 1.54) is 19.1 Å². The lowest BCUT2D eigenvalue weighted by molar-refractivity contribution is -0.144. The molecule has 5 atom stereocenters. The molecule has 10 heteroatoms. The number of esters is 2. The van der Waals surface area contributed by atoms with E-state index in [1.807, 2.05) is 41.5 Å². The lowest BCUT2D eigenvalue weighted by Gasteiger charge is -2.28. The first-order valence-electron chi connectivity index (χ1n) is 14.1. The van der Waals surface area contributed by atoms with Gasteiger partial charge in [0.1, 0.15) is 11.6 Å². The summed E-state index contributed by atoms with van der Waals surface area (Å²) in [4.78, 5) is 49.2. The predicted octanol–water partition coefficient (Wildman–Crippen LogP) is 5.67. The molecule has 0 saturated heterocycles. The van der Waals surface area contributed by atoms with E-state index in [9.17, 15) is 24.3 Å². The molecule has 0 radical (unpaired) electrons. The maximum Gasteiger partial charge on any atom is 0.508 e. The van der Waals surface area contributed by atoms with Crippen LogP contribution < -0.4 is 15.2 Å². The van der Waals surface area contributed by atoms with Crippen LogP contribution in [0.3, 0.4) is 0 Å². The smallest absolute Gasteiger partial charge is 0.480 e. The Labute approximate surface area is 237 Å². The predicted molar refractivity (Wildman–Crippen MR) is 150 cm³/mol. The first kappa shape index (κ1) is 34.9. The Morgan fingerprint density at radius 2 is 1.38 bits per heavy atom. The molecule has 0 aliphatic rings. The van der Waals surface area contributed by atoms with Crippen molar-refractivity contribution in [2.45, 2.75) is 105 Å². The summed E-state index contributed by atoms with van der Waals surface area (Å²) in [6.45, 7) is 13.4. The number of hydrogen-bond donors (Lipinski definition) is 2. The number of carboxylic acids is 1. The van der Waals surface area contributed by atoms with Gasteiger partial charge in [0.15, 0.2) is 11.5 Å². The average Bonchev–Trinajstić information content (AvgIpc) is 2.87. The van der Waals surface area contributed by atoms with Crippen molar-refractivity contribution in [3.63, 3.8) is 0 Å². The normalized spacial score (nSPS) is 15.6. The molecule has 3 N–H and O–H groups in total. The van der Waals surface area contributed by atoms with E-state index in [0.29, 0.717) is 5.56 Å². The quantitative estimate of drug-likeness (QED) is 0.178. The summed E-state index contributed by atoms with van der Waals surface area (Å²) in [7, 11) is 0. The van der Waals surface area contributed by atoms with Gasteiger partial charge in [-0.1, -0.05) is 66.9 Å². The molecule has 0 bridgehead atoms. The van der Waals surface area contributed by atoms with Crippen LogP contribution in [-0.4, -0.2) is 47.4 Å². The molecule has 0 heterocycles. The minimum Gasteiger partial charge on any atom is -0.480 e. The zero-order chi connectivity index (χ0) is 30.5. The van der Waals surface area contributed by atoms with Gasteiger partial charge in [0, 0.05) is 25.7 Å². The van der Waals surface area contributed by atoms with Gasteiger partial charge in [-0.2, -0.15) is 0 Å². The zero-order valence-electron chi connectivity index (χ0n) is 25.0. The highest BCUT2D eigenvalue weighted by molar-refractivity contribution is 5.79. The Kier molecular flexibility index (Phi) is 14.7. The van der Waals surface area contributed by atoms with E-state index < -0.39 is 35.7 Å². The number of carboxylic acid groups (broad SMARTS) is 1. The molecular weight excluding hydrogens is 518 g/mol. The molecule has 0 saturated carbocycles. The minimum atomic E-state index is -1.82. The minimum absolute atomic E-state index is 0.00830. The van der Waals surface area contributed by atoms with Crippen molar-refractivity contribution in [1.82, 2.24) is 0 Å². The molecule has 0 amide bonds. The number of ether oxygens (including phenoxy) is 4. The Morgan fingerprint density at radius 3 is 1.88 bits per heavy atom. The fraction of sp³-hybridized carbons (Fsp3) is 0.667. The fourth-order valence-electron chi connectivity index (χ4n) is 3.69. The molecule has 226 valence electrons. The summed E-state index contributed by atoms with van der Waals surface area (Å²) in [5.74, 6) is -1.81. The summed E-state index contributed by atoms with van der Waals surface area (Å²) >= 11 is 0. The van der Waals surface area contributed by atoms with Crippen molar-refractivity contribution in [3.05, 3.63) is 23.8 Å². The number of carbonyl (C=O) groups is 4. The number of benzene rings is 1. The second kappa shape index (κ2) is 16.8. The summed E-state index contributed by atoms with van der Waals surface area (Å²) in [5, 5.41) is 9.96. The van der Waals surface area contributed by atoms with E-state index in [0.717, 1.165) is 19.3 Å². The van der Waals surface area contributed by atoms with E-state index in [2.05, 4.69) is 0 Å². The van der Waals surface area contributed by atoms with Crippen LogP contribution in [-0.2, 0) is 30.3 Å². The summed E-state index contributed by atoms with van der Waals surface area (Å²) in [5.41, 5.74) is 4.91. The van der Waals surface area contributed by atoms with Crippen LogP contribution in [0, 0.1) is 17.8 Å². The maximum atomic E-state index is 12.6. The SMILES string of the molecule is CCC(C)COC(=O)O[C@@H](C)CC(N)(Cc1ccc(OC(=O)CC(C)CC)c(OC(=O)CC(C)CC)c1)C(=O)O. The molecule has 40 heavy (non-hydrogen) atoms. The van der Waals surface area contributed by atoms with Crippen molar-refractivity contribution in [1.29, 1.82) is 0 Å². The molecule has 0 aromatic heterocycles. The average molecular weight is 566 g/mol. The van der Waals surface area contributed by atoms with E-state index in [-0.39, 0.29) is 61.5 Å². The number of nitrogens with two attached hydrogens (primary N) is 1. The van der Waals surface area contributed by atoms with Gasteiger partial charge in [0.2, 0.25) is 0 Å². The third-order valence-corrected chi connectivity index (χ3v) is 6.96. The molecular formula is C30H47NO9. The number of carbonyl (C=O) groups excluding carboxylic acids is 3. The third-order valence-electron chi connectivity index (χ3n) is 6.96. The highest BCUT2D eigenvalue weighted by Crippen LogP contribution is 2.32. The van der Waals surface area contributed by atoms with Crippen LogP contribution in [0.2, 0.25) is 0 Å². The molecule has 0 aliphatic carbocycles. The van der Waals surface area contributed by atoms with Gasteiger partial charge >= 0.3 is 24.1 Å². The topological polar surface area (TPSA) is 151 Å². The van der Waals surface area contributed by atoms with E-state index >= 15 is 0 Å². The van der Waals surface area contributed by atoms with Crippen molar-refractivity contribution in [2.24, 2.45) is 23.5 Å². The Hall–Kier alpha value is -3.14. The monoisotopic (exact) mass is 565 g/mol. The number of rotatable bonds is 17. The molecule has 0 spiro atoms. The Morgan fingerprint density at radius 1 is 0.850 bits per heavy atom. The molecule has 1 aromatic carbocycles. The Balaban J connectivity index is 3.13. The first-order valence-corrected chi connectivity index (χ1v) is 14.1. The molecule has 0 aliphatic heterocycles. The largest absolute Gasteiger partial charge is 0.508 e. The standard InChI is InChI=1S/C30H47NO9/c1-8-19(4)13-26(32)39-24-12-11-23(15-25(24)40-27(33)14-20(5)9-2)17-30(31,28(34)35)16-22(7)38-29(36)37-18-21(6)10-3/h11-12,15,19-22H,8-10,13-14,16-18,31H2,1-7H3,(H,34,35)/t19?,20?,21?,22-,30?/m0/s1. The summed E-state index contributed by atoms with van der Waals surface area (Å²) in [6.07, 6.45) is 0.670. The van der Waals surface area contributed by atoms with Crippen LogP contribution in [0.4, 0.5) is 4.79 Å². The Bertz CT molecular complexity index is 995. The van der Waals surface area contributed by atoms with Crippen LogP contribution in [0.15, 0.2) is 18.2 Å². The third kappa shape index (κ3) is 12.4. The van der Waals surface area contributed by atoms with Gasteiger partial charge in [0.25, 0.3) is 0 Å². The van der Waals surface area contributed by atoms with Gasteiger partial charge in [-0.05, 0) is 42.4 Å². The van der Waals surface area contributed by atoms with Gasteiger partial charge in [-0.25, -0.2) is 4.79 Å². The van der Waals surface area contributed by atoms with Gasteiger partial charge < -0.3 is 29.8 Å². The van der Waals surface area contributed by atoms with Gasteiger partial charge in [0.05, 0.1) is 6.61 Å². The lowest BCUT2D eigenvalue weighted by atomic mass is 9.86. The van der Waals surface area contributed by atoms with E-state index in [4.69, 9.17) is 24.7 Å². The first-order chi connectivity index (χ1) is 18.7. The molecule has 0 fully saturated rings. The van der Waals surface area contributed by atoms with Crippen molar-refractivity contribution in [3.8, 4) is 11.5 Å². The summed E-state index contributed by atoms with van der Waals surface area (Å²) < 4.78 is 21.4. The molecule has 1 aromatic rings. The highest BCUT2D eigenvalue weighted by Gasteiger charge is 2.37. The maximum absolute atomic E-state index is 12.6. The van der Waals surface area contributed by atoms with Crippen molar-refractivity contribution >= 4 is 24.1 Å². The van der Waals surface area contributed by atoms with Crippen LogP contribution in [0.25, 0.3) is 0 Å². The second-order valence-electron chi connectivity index (χ2n) is 11.0. The van der Waals surface area contributed by atoms with Gasteiger partial charge in [-0.15, -0.1) is 0 Å². The lowest BCUT2D eigenvalue weighted by Crippen LogP contribution is -2.52.